The highest BCUT2D eigenvalue weighted by atomic mass is 16.7. The molecule has 0 bridgehead atoms. The molecular weight excluding hydrogens is 238 g/mol. The molecule has 3 nitrogen and oxygen atoms in total. The van der Waals surface area contributed by atoms with Crippen molar-refractivity contribution in [1.29, 1.82) is 0 Å². The van der Waals surface area contributed by atoms with E-state index >= 15 is 0 Å². The zero-order chi connectivity index (χ0) is 13.5. The van der Waals surface area contributed by atoms with E-state index in [1.165, 1.54) is 0 Å². The Bertz CT molecular complexity index is 546. The third-order valence-electron chi connectivity index (χ3n) is 3.05. The number of hydrogen-bond donors (Lipinski definition) is 1. The Labute approximate surface area is 113 Å². The summed E-state index contributed by atoms with van der Waals surface area (Å²) in [4.78, 5) is 16.6. The molecular formula is C16H19NO2. The number of rotatable bonds is 6. The molecule has 0 aliphatic heterocycles. The molecule has 2 aromatic rings. The third-order valence-corrected chi connectivity index (χ3v) is 3.05. The lowest BCUT2D eigenvalue weighted by molar-refractivity contribution is -0.140. The van der Waals surface area contributed by atoms with Gasteiger partial charge < -0.3 is 4.84 Å². The number of anilines is 1. The molecule has 3 heteroatoms. The molecule has 0 amide bonds. The Morgan fingerprint density at radius 3 is 2.74 bits per heavy atom. The highest BCUT2D eigenvalue weighted by Gasteiger charge is 2.04. The van der Waals surface area contributed by atoms with Crippen molar-refractivity contribution >= 4 is 22.4 Å². The van der Waals surface area contributed by atoms with Crippen LogP contribution >= 0.6 is 0 Å². The van der Waals surface area contributed by atoms with E-state index in [0.717, 1.165) is 35.7 Å². The summed E-state index contributed by atoms with van der Waals surface area (Å²) < 4.78 is 0. The molecule has 0 spiro atoms. The Kier molecular flexibility index (Phi) is 4.78. The maximum atomic E-state index is 11.5. The minimum atomic E-state index is -0.207. The molecule has 1 N–H and O–H groups in total. The van der Waals surface area contributed by atoms with Crippen molar-refractivity contribution in [2.45, 2.75) is 32.6 Å². The van der Waals surface area contributed by atoms with Gasteiger partial charge >= 0.3 is 5.97 Å². The number of carbonyl (C=O) groups is 1. The molecule has 0 heterocycles. The van der Waals surface area contributed by atoms with Crippen LogP contribution in [0.3, 0.4) is 0 Å². The van der Waals surface area contributed by atoms with Crippen molar-refractivity contribution in [2.75, 3.05) is 5.48 Å². The van der Waals surface area contributed by atoms with Crippen molar-refractivity contribution in [2.24, 2.45) is 0 Å². The van der Waals surface area contributed by atoms with Crippen LogP contribution in [0, 0.1) is 0 Å². The van der Waals surface area contributed by atoms with Crippen molar-refractivity contribution in [1.82, 2.24) is 0 Å². The number of nitrogens with one attached hydrogen (secondary N) is 1. The summed E-state index contributed by atoms with van der Waals surface area (Å²) in [5, 5.41) is 2.17. The van der Waals surface area contributed by atoms with Gasteiger partial charge in [0.1, 0.15) is 0 Å². The van der Waals surface area contributed by atoms with Crippen LogP contribution in [0.15, 0.2) is 42.5 Å². The van der Waals surface area contributed by atoms with Crippen molar-refractivity contribution in [3.63, 3.8) is 0 Å². The third kappa shape index (κ3) is 3.71. The van der Waals surface area contributed by atoms with Crippen molar-refractivity contribution in [3.8, 4) is 0 Å². The van der Waals surface area contributed by atoms with Crippen LogP contribution < -0.4 is 5.48 Å². The first kappa shape index (κ1) is 13.4. The van der Waals surface area contributed by atoms with Gasteiger partial charge in [-0.25, -0.2) is 10.3 Å². The van der Waals surface area contributed by atoms with Gasteiger partial charge in [0.05, 0.1) is 5.69 Å². The highest BCUT2D eigenvalue weighted by Crippen LogP contribution is 2.22. The quantitative estimate of drug-likeness (QED) is 0.619. The van der Waals surface area contributed by atoms with E-state index in [9.17, 15) is 4.79 Å². The molecule has 0 radical (unpaired) electrons. The lowest BCUT2D eigenvalue weighted by Crippen LogP contribution is -2.10. The molecule has 0 saturated heterocycles. The molecule has 19 heavy (non-hydrogen) atoms. The number of unbranched alkanes of at least 4 members (excludes halogenated alkanes) is 2. The Balaban J connectivity index is 1.96. The second-order valence-corrected chi connectivity index (χ2v) is 4.56. The molecule has 0 aliphatic rings. The Morgan fingerprint density at radius 2 is 1.89 bits per heavy atom. The van der Waals surface area contributed by atoms with Gasteiger partial charge in [-0.1, -0.05) is 56.2 Å². The fraction of sp³-hybridized carbons (Fsp3) is 0.312. The van der Waals surface area contributed by atoms with Gasteiger partial charge in [-0.3, -0.25) is 0 Å². The molecule has 0 saturated carbocycles. The molecule has 0 aliphatic carbocycles. The second-order valence-electron chi connectivity index (χ2n) is 4.56. The smallest absolute Gasteiger partial charge is 0.332 e. The molecule has 2 rings (SSSR count). The largest absolute Gasteiger partial charge is 0.343 e. The van der Waals surface area contributed by atoms with Gasteiger partial charge in [0.15, 0.2) is 0 Å². The first-order chi connectivity index (χ1) is 9.31. The van der Waals surface area contributed by atoms with E-state index in [1.54, 1.807) is 0 Å². The monoisotopic (exact) mass is 257 g/mol. The van der Waals surface area contributed by atoms with Crippen LogP contribution in [0.25, 0.3) is 10.8 Å². The van der Waals surface area contributed by atoms with Crippen molar-refractivity contribution in [3.05, 3.63) is 42.5 Å². The number of benzene rings is 2. The Hall–Kier alpha value is -2.03. The fourth-order valence-electron chi connectivity index (χ4n) is 2.00. The number of hydrogen-bond acceptors (Lipinski definition) is 3. The van der Waals surface area contributed by atoms with Gasteiger partial charge in [-0.2, -0.15) is 0 Å². The molecule has 100 valence electrons. The summed E-state index contributed by atoms with van der Waals surface area (Å²) in [6, 6.07) is 13.9. The van der Waals surface area contributed by atoms with Gasteiger partial charge in [0.25, 0.3) is 0 Å². The fourth-order valence-corrected chi connectivity index (χ4v) is 2.00. The number of carbonyl (C=O) groups excluding carboxylic acids is 1. The standard InChI is InChI=1S/C16H19NO2/c1-2-3-4-12-16(18)19-17-15-11-7-9-13-8-5-6-10-14(13)15/h5-11,17H,2-4,12H2,1H3. The van der Waals surface area contributed by atoms with Crippen LogP contribution in [-0.4, -0.2) is 5.97 Å². The van der Waals surface area contributed by atoms with Gasteiger partial charge in [-0.15, -0.1) is 0 Å². The lowest BCUT2D eigenvalue weighted by Gasteiger charge is -2.09. The zero-order valence-electron chi connectivity index (χ0n) is 11.2. The van der Waals surface area contributed by atoms with E-state index in [0.29, 0.717) is 6.42 Å². The molecule has 0 fully saturated rings. The average Bonchev–Trinajstić information content (AvgIpc) is 2.45. The van der Waals surface area contributed by atoms with Crippen molar-refractivity contribution < 1.29 is 9.63 Å². The van der Waals surface area contributed by atoms with E-state index in [4.69, 9.17) is 4.84 Å². The summed E-state index contributed by atoms with van der Waals surface area (Å²) in [6.07, 6.45) is 3.51. The SMILES string of the molecule is CCCCCC(=O)ONc1cccc2ccccc12. The minimum absolute atomic E-state index is 0.207. The topological polar surface area (TPSA) is 38.3 Å². The van der Waals surface area contributed by atoms with Crippen LogP contribution in [0.5, 0.6) is 0 Å². The number of fused-ring (bicyclic) bond motifs is 1. The average molecular weight is 257 g/mol. The van der Waals surface area contributed by atoms with Gasteiger partial charge in [-0.05, 0) is 17.9 Å². The zero-order valence-corrected chi connectivity index (χ0v) is 11.2. The van der Waals surface area contributed by atoms with E-state index < -0.39 is 0 Å². The highest BCUT2D eigenvalue weighted by molar-refractivity contribution is 5.93. The molecule has 0 aromatic heterocycles. The first-order valence-electron chi connectivity index (χ1n) is 6.74. The Morgan fingerprint density at radius 1 is 1.11 bits per heavy atom. The molecule has 2 aromatic carbocycles. The predicted octanol–water partition coefficient (Wildman–Crippen LogP) is 4.29. The second kappa shape index (κ2) is 6.78. The van der Waals surface area contributed by atoms with Crippen LogP contribution in [-0.2, 0) is 9.63 Å². The van der Waals surface area contributed by atoms with Crippen LogP contribution in [0.4, 0.5) is 5.69 Å². The normalized spacial score (nSPS) is 10.4. The minimum Gasteiger partial charge on any atom is -0.343 e. The van der Waals surface area contributed by atoms with Crippen LogP contribution in [0.1, 0.15) is 32.6 Å². The first-order valence-corrected chi connectivity index (χ1v) is 6.74. The predicted molar refractivity (Wildman–Crippen MR) is 77.8 cm³/mol. The molecule has 0 atom stereocenters. The molecule has 0 unspecified atom stereocenters. The summed E-state index contributed by atoms with van der Waals surface area (Å²) in [5.74, 6) is -0.207. The van der Waals surface area contributed by atoms with Crippen LogP contribution in [0.2, 0.25) is 0 Å². The van der Waals surface area contributed by atoms with E-state index in [-0.39, 0.29) is 5.97 Å². The van der Waals surface area contributed by atoms with Gasteiger partial charge in [0, 0.05) is 11.8 Å². The van der Waals surface area contributed by atoms with Gasteiger partial charge in [0.2, 0.25) is 0 Å². The van der Waals surface area contributed by atoms with E-state index in [2.05, 4.69) is 12.4 Å². The summed E-state index contributed by atoms with van der Waals surface area (Å²) in [7, 11) is 0. The summed E-state index contributed by atoms with van der Waals surface area (Å²) >= 11 is 0. The maximum Gasteiger partial charge on any atom is 0.332 e. The maximum absolute atomic E-state index is 11.5. The lowest BCUT2D eigenvalue weighted by atomic mass is 10.1. The summed E-state index contributed by atoms with van der Waals surface area (Å²) in [5.41, 5.74) is 3.59. The van der Waals surface area contributed by atoms with E-state index in [1.807, 2.05) is 42.5 Å². The summed E-state index contributed by atoms with van der Waals surface area (Å²) in [6.45, 7) is 2.11.